The zero-order valence-corrected chi connectivity index (χ0v) is 14.3. The highest BCUT2D eigenvalue weighted by atomic mass is 16.5. The first kappa shape index (κ1) is 16.0. The number of fused-ring (bicyclic) bond motifs is 1. The van der Waals surface area contributed by atoms with Crippen molar-refractivity contribution >= 4 is 0 Å². The molecule has 122 valence electrons. The quantitative estimate of drug-likeness (QED) is 0.887. The number of pyridine rings is 1. The maximum Gasteiger partial charge on any atom is 0.124 e. The normalized spacial score (nSPS) is 23.2. The molecule has 1 aliphatic heterocycles. The first-order valence-corrected chi connectivity index (χ1v) is 8.58. The predicted octanol–water partition coefficient (Wildman–Crippen LogP) is 4.43. The number of benzene rings is 1. The van der Waals surface area contributed by atoms with E-state index in [1.807, 2.05) is 18.3 Å². The van der Waals surface area contributed by atoms with E-state index >= 15 is 0 Å². The zero-order valence-electron chi connectivity index (χ0n) is 14.3. The molecule has 1 aromatic carbocycles. The van der Waals surface area contributed by atoms with Crippen LogP contribution in [-0.4, -0.2) is 10.6 Å². The topological polar surface area (TPSA) is 34.2 Å². The molecule has 0 saturated heterocycles. The van der Waals surface area contributed by atoms with Crippen molar-refractivity contribution in [2.24, 2.45) is 0 Å². The monoisotopic (exact) mass is 310 g/mol. The third-order valence-corrected chi connectivity index (χ3v) is 4.85. The van der Waals surface area contributed by atoms with Gasteiger partial charge in [-0.05, 0) is 43.5 Å². The Morgan fingerprint density at radius 1 is 1.26 bits per heavy atom. The molecule has 2 heterocycles. The van der Waals surface area contributed by atoms with Gasteiger partial charge in [-0.2, -0.15) is 0 Å². The summed E-state index contributed by atoms with van der Waals surface area (Å²) in [5.41, 5.74) is 3.61. The fraction of sp³-hybridized carbons (Fsp3) is 0.450. The summed E-state index contributed by atoms with van der Waals surface area (Å²) < 4.78 is 6.29. The number of aromatic nitrogens is 1. The van der Waals surface area contributed by atoms with E-state index in [2.05, 4.69) is 55.3 Å². The number of nitrogens with zero attached hydrogens (tertiary/aromatic N) is 1. The Kier molecular flexibility index (Phi) is 4.67. The second kappa shape index (κ2) is 6.71. The van der Waals surface area contributed by atoms with Crippen LogP contribution < -0.4 is 10.1 Å². The van der Waals surface area contributed by atoms with Gasteiger partial charge in [0.15, 0.2) is 0 Å². The van der Waals surface area contributed by atoms with Gasteiger partial charge in [-0.25, -0.2) is 0 Å². The average molecular weight is 310 g/mol. The molecule has 0 aliphatic carbocycles. The maximum atomic E-state index is 6.29. The first-order valence-electron chi connectivity index (χ1n) is 8.58. The molecule has 0 saturated carbocycles. The molecule has 2 unspecified atom stereocenters. The molecule has 23 heavy (non-hydrogen) atoms. The molecule has 2 atom stereocenters. The van der Waals surface area contributed by atoms with Crippen LogP contribution in [0.1, 0.15) is 56.5 Å². The van der Waals surface area contributed by atoms with E-state index in [0.29, 0.717) is 6.04 Å². The van der Waals surface area contributed by atoms with Crippen molar-refractivity contribution in [3.05, 3.63) is 59.4 Å². The van der Waals surface area contributed by atoms with Gasteiger partial charge in [0.2, 0.25) is 0 Å². The van der Waals surface area contributed by atoms with E-state index in [1.54, 1.807) is 0 Å². The lowest BCUT2D eigenvalue weighted by Gasteiger charge is -2.40. The highest BCUT2D eigenvalue weighted by Crippen LogP contribution is 2.41. The van der Waals surface area contributed by atoms with Crippen molar-refractivity contribution in [3.63, 3.8) is 0 Å². The lowest BCUT2D eigenvalue weighted by Crippen LogP contribution is -2.41. The zero-order chi connectivity index (χ0) is 16.3. The maximum absolute atomic E-state index is 6.29. The van der Waals surface area contributed by atoms with Crippen LogP contribution >= 0.6 is 0 Å². The Labute approximate surface area is 139 Å². The summed E-state index contributed by atoms with van der Waals surface area (Å²) in [7, 11) is 0. The molecule has 1 aliphatic rings. The van der Waals surface area contributed by atoms with Gasteiger partial charge in [0.1, 0.15) is 11.4 Å². The van der Waals surface area contributed by atoms with Gasteiger partial charge < -0.3 is 10.1 Å². The van der Waals surface area contributed by atoms with Gasteiger partial charge in [0.25, 0.3) is 0 Å². The SMILES string of the molecule is CCc1ccc2c(c1)C(NCc1ccccn1)CC(C)(CC)O2. The molecule has 3 rings (SSSR count). The summed E-state index contributed by atoms with van der Waals surface area (Å²) in [4.78, 5) is 4.42. The van der Waals surface area contributed by atoms with Crippen molar-refractivity contribution < 1.29 is 4.74 Å². The van der Waals surface area contributed by atoms with Gasteiger partial charge in [-0.15, -0.1) is 0 Å². The summed E-state index contributed by atoms with van der Waals surface area (Å²) in [6.45, 7) is 7.37. The molecule has 3 heteroatoms. The van der Waals surface area contributed by atoms with Crippen LogP contribution in [0, 0.1) is 0 Å². The highest BCUT2D eigenvalue weighted by Gasteiger charge is 2.35. The molecule has 0 bridgehead atoms. The predicted molar refractivity (Wildman–Crippen MR) is 93.6 cm³/mol. The third kappa shape index (κ3) is 3.56. The Bertz CT molecular complexity index is 656. The van der Waals surface area contributed by atoms with Crippen LogP contribution in [0.2, 0.25) is 0 Å². The number of rotatable bonds is 5. The minimum Gasteiger partial charge on any atom is -0.487 e. The van der Waals surface area contributed by atoms with Gasteiger partial charge >= 0.3 is 0 Å². The van der Waals surface area contributed by atoms with E-state index in [1.165, 1.54) is 11.1 Å². The number of hydrogen-bond acceptors (Lipinski definition) is 3. The van der Waals surface area contributed by atoms with Gasteiger partial charge in [0, 0.05) is 30.8 Å². The van der Waals surface area contributed by atoms with Crippen molar-refractivity contribution in [1.29, 1.82) is 0 Å². The Morgan fingerprint density at radius 2 is 2.13 bits per heavy atom. The largest absolute Gasteiger partial charge is 0.487 e. The lowest BCUT2D eigenvalue weighted by atomic mass is 9.86. The molecule has 0 radical (unpaired) electrons. The van der Waals surface area contributed by atoms with Crippen molar-refractivity contribution in [3.8, 4) is 5.75 Å². The summed E-state index contributed by atoms with van der Waals surface area (Å²) >= 11 is 0. The minimum atomic E-state index is -0.109. The fourth-order valence-corrected chi connectivity index (χ4v) is 3.16. The molecule has 0 fully saturated rings. The van der Waals surface area contributed by atoms with Gasteiger partial charge in [-0.3, -0.25) is 4.98 Å². The average Bonchev–Trinajstić information content (AvgIpc) is 2.60. The van der Waals surface area contributed by atoms with E-state index in [9.17, 15) is 0 Å². The fourth-order valence-electron chi connectivity index (χ4n) is 3.16. The van der Waals surface area contributed by atoms with E-state index in [4.69, 9.17) is 4.74 Å². The molecular formula is C20H26N2O. The summed E-state index contributed by atoms with van der Waals surface area (Å²) in [5, 5.41) is 3.69. The van der Waals surface area contributed by atoms with Crippen molar-refractivity contribution in [1.82, 2.24) is 10.3 Å². The standard InChI is InChI=1S/C20H26N2O/c1-4-15-9-10-19-17(12-15)18(13-20(3,5-2)23-19)22-14-16-8-6-7-11-21-16/h6-12,18,22H,4-5,13-14H2,1-3H3. The van der Waals surface area contributed by atoms with Crippen LogP contribution in [0.4, 0.5) is 0 Å². The highest BCUT2D eigenvalue weighted by molar-refractivity contribution is 5.42. The molecule has 1 N–H and O–H groups in total. The van der Waals surface area contributed by atoms with E-state index < -0.39 is 0 Å². The number of aryl methyl sites for hydroxylation is 1. The lowest BCUT2D eigenvalue weighted by molar-refractivity contribution is 0.0438. The smallest absolute Gasteiger partial charge is 0.124 e. The number of hydrogen-bond donors (Lipinski definition) is 1. The van der Waals surface area contributed by atoms with Gasteiger partial charge in [0.05, 0.1) is 5.69 Å². The Hall–Kier alpha value is -1.87. The van der Waals surface area contributed by atoms with Crippen LogP contribution in [0.15, 0.2) is 42.6 Å². The molecule has 1 aromatic heterocycles. The van der Waals surface area contributed by atoms with E-state index in [-0.39, 0.29) is 5.60 Å². The second-order valence-electron chi connectivity index (χ2n) is 6.59. The van der Waals surface area contributed by atoms with Crippen LogP contribution in [0.5, 0.6) is 5.75 Å². The summed E-state index contributed by atoms with van der Waals surface area (Å²) in [6, 6.07) is 13.0. The summed E-state index contributed by atoms with van der Waals surface area (Å²) in [6.07, 6.45) is 4.88. The third-order valence-electron chi connectivity index (χ3n) is 4.85. The molecule has 0 spiro atoms. The first-order chi connectivity index (χ1) is 11.1. The molecular weight excluding hydrogens is 284 g/mol. The Balaban J connectivity index is 1.85. The number of nitrogens with one attached hydrogen (secondary N) is 1. The van der Waals surface area contributed by atoms with Crippen LogP contribution in [0.3, 0.4) is 0 Å². The van der Waals surface area contributed by atoms with Crippen LogP contribution in [0.25, 0.3) is 0 Å². The van der Waals surface area contributed by atoms with Crippen LogP contribution in [-0.2, 0) is 13.0 Å². The van der Waals surface area contributed by atoms with E-state index in [0.717, 1.165) is 37.3 Å². The Morgan fingerprint density at radius 3 is 2.83 bits per heavy atom. The number of ether oxygens (including phenoxy) is 1. The molecule has 0 amide bonds. The van der Waals surface area contributed by atoms with Crippen molar-refractivity contribution in [2.75, 3.05) is 0 Å². The van der Waals surface area contributed by atoms with Crippen molar-refractivity contribution in [2.45, 2.75) is 58.2 Å². The summed E-state index contributed by atoms with van der Waals surface area (Å²) in [5.74, 6) is 1.02. The molecule has 2 aromatic rings. The molecule has 3 nitrogen and oxygen atoms in total. The second-order valence-corrected chi connectivity index (χ2v) is 6.59. The van der Waals surface area contributed by atoms with Gasteiger partial charge in [-0.1, -0.05) is 32.0 Å². The minimum absolute atomic E-state index is 0.109.